The molecule has 0 aromatic carbocycles. The number of nitrogens with zero attached hydrogens (tertiary/aromatic N) is 1. The van der Waals surface area contributed by atoms with Crippen LogP contribution in [0.1, 0.15) is 66.8 Å². The van der Waals surface area contributed by atoms with E-state index in [0.29, 0.717) is 30.2 Å². The number of urea groups is 1. The molecule has 1 saturated heterocycles. The van der Waals surface area contributed by atoms with Crippen molar-refractivity contribution in [3.63, 3.8) is 0 Å². The fourth-order valence-electron chi connectivity index (χ4n) is 4.15. The van der Waals surface area contributed by atoms with Gasteiger partial charge >= 0.3 is 6.03 Å². The van der Waals surface area contributed by atoms with Gasteiger partial charge in [-0.25, -0.2) is 4.79 Å². The van der Waals surface area contributed by atoms with Crippen molar-refractivity contribution in [3.8, 4) is 0 Å². The molecule has 4 amide bonds. The molecule has 2 heterocycles. The summed E-state index contributed by atoms with van der Waals surface area (Å²) in [5.41, 5.74) is 0.460. The number of rotatable bonds is 5. The van der Waals surface area contributed by atoms with Crippen LogP contribution >= 0.6 is 0 Å². The minimum Gasteiger partial charge on any atom is -0.466 e. The lowest BCUT2D eigenvalue weighted by Crippen LogP contribution is -2.52. The van der Waals surface area contributed by atoms with E-state index < -0.39 is 0 Å². The summed E-state index contributed by atoms with van der Waals surface area (Å²) >= 11 is 0. The van der Waals surface area contributed by atoms with E-state index in [4.69, 9.17) is 4.42 Å². The van der Waals surface area contributed by atoms with Gasteiger partial charge in [-0.05, 0) is 45.6 Å². The Morgan fingerprint density at radius 1 is 1.00 bits per heavy atom. The normalized spacial score (nSPS) is 18.3. The zero-order valence-electron chi connectivity index (χ0n) is 17.4. The summed E-state index contributed by atoms with van der Waals surface area (Å²) in [5.74, 6) is 0.803. The first-order valence-corrected chi connectivity index (χ1v) is 10.6. The number of furan rings is 1. The van der Waals surface area contributed by atoms with Gasteiger partial charge in [-0.15, -0.1) is 0 Å². The van der Waals surface area contributed by atoms with Gasteiger partial charge in [0.25, 0.3) is 5.91 Å². The molecule has 2 fully saturated rings. The number of amides is 4. The Balaban J connectivity index is 1.36. The number of nitrogens with one attached hydrogen (secondary N) is 3. The number of likely N-dealkylation sites (tertiary alicyclic amines) is 1. The Morgan fingerprint density at radius 3 is 2.21 bits per heavy atom. The molecule has 1 aromatic rings. The minimum absolute atomic E-state index is 0.0389. The molecule has 2 aliphatic rings. The molecule has 0 bridgehead atoms. The molecule has 0 atom stereocenters. The van der Waals surface area contributed by atoms with E-state index in [9.17, 15) is 14.4 Å². The van der Waals surface area contributed by atoms with Crippen molar-refractivity contribution in [1.82, 2.24) is 20.9 Å². The van der Waals surface area contributed by atoms with Gasteiger partial charge in [0.1, 0.15) is 11.5 Å². The zero-order chi connectivity index (χ0) is 20.8. The average molecular weight is 405 g/mol. The van der Waals surface area contributed by atoms with E-state index in [1.165, 1.54) is 19.3 Å². The van der Waals surface area contributed by atoms with Gasteiger partial charge in [0, 0.05) is 25.2 Å². The van der Waals surface area contributed by atoms with Crippen molar-refractivity contribution in [2.75, 3.05) is 19.6 Å². The zero-order valence-corrected chi connectivity index (χ0v) is 17.4. The molecule has 8 nitrogen and oxygen atoms in total. The van der Waals surface area contributed by atoms with Gasteiger partial charge in [-0.2, -0.15) is 0 Å². The summed E-state index contributed by atoms with van der Waals surface area (Å²) < 4.78 is 5.35. The van der Waals surface area contributed by atoms with Gasteiger partial charge < -0.3 is 25.3 Å². The molecule has 8 heteroatoms. The van der Waals surface area contributed by atoms with Crippen molar-refractivity contribution in [2.45, 2.75) is 70.9 Å². The number of hydrogen-bond acceptors (Lipinski definition) is 4. The molecule has 0 spiro atoms. The number of hydrogen-bond donors (Lipinski definition) is 3. The first-order valence-electron chi connectivity index (χ1n) is 10.6. The molecule has 160 valence electrons. The van der Waals surface area contributed by atoms with Gasteiger partial charge in [0.05, 0.1) is 12.1 Å². The first kappa shape index (κ1) is 21.2. The molecule has 0 unspecified atom stereocenters. The van der Waals surface area contributed by atoms with Crippen LogP contribution in [0, 0.1) is 13.8 Å². The standard InChI is InChI=1S/C21H32N4O4/c1-14-12-18(15(2)29-14)20(27)22-13-19(26)25-10-8-17(9-11-25)24-21(28)23-16-6-4-3-5-7-16/h12,16-17H,3-11,13H2,1-2H3,(H,22,27)(H2,23,24,28). The smallest absolute Gasteiger partial charge is 0.315 e. The summed E-state index contributed by atoms with van der Waals surface area (Å²) in [6.45, 7) is 4.62. The second kappa shape index (κ2) is 9.80. The maximum atomic E-state index is 12.4. The topological polar surface area (TPSA) is 104 Å². The first-order chi connectivity index (χ1) is 13.9. The Labute approximate surface area is 171 Å². The van der Waals surface area contributed by atoms with E-state index in [1.54, 1.807) is 24.8 Å². The Kier molecular flexibility index (Phi) is 7.17. The number of carbonyl (C=O) groups is 3. The summed E-state index contributed by atoms with van der Waals surface area (Å²) in [7, 11) is 0. The Bertz CT molecular complexity index is 731. The second-order valence-electron chi connectivity index (χ2n) is 8.12. The van der Waals surface area contributed by atoms with Gasteiger partial charge in [-0.1, -0.05) is 19.3 Å². The molecular weight excluding hydrogens is 372 g/mol. The number of aryl methyl sites for hydroxylation is 2. The Morgan fingerprint density at radius 2 is 1.62 bits per heavy atom. The summed E-state index contributed by atoms with van der Waals surface area (Å²) in [6, 6.07) is 1.94. The van der Waals surface area contributed by atoms with Crippen molar-refractivity contribution in [2.24, 2.45) is 0 Å². The van der Waals surface area contributed by atoms with Gasteiger partial charge in [0.15, 0.2) is 0 Å². The van der Waals surface area contributed by atoms with Crippen molar-refractivity contribution in [3.05, 3.63) is 23.2 Å². The predicted molar refractivity (Wildman–Crippen MR) is 109 cm³/mol. The maximum Gasteiger partial charge on any atom is 0.315 e. The highest BCUT2D eigenvalue weighted by Crippen LogP contribution is 2.17. The highest BCUT2D eigenvalue weighted by Gasteiger charge is 2.25. The van der Waals surface area contributed by atoms with Crippen LogP contribution in [0.4, 0.5) is 4.79 Å². The molecule has 1 aromatic heterocycles. The molecular formula is C21H32N4O4. The Hall–Kier alpha value is -2.51. The van der Waals surface area contributed by atoms with E-state index in [-0.39, 0.29) is 36.5 Å². The largest absolute Gasteiger partial charge is 0.466 e. The van der Waals surface area contributed by atoms with Crippen LogP contribution in [-0.2, 0) is 4.79 Å². The van der Waals surface area contributed by atoms with Gasteiger partial charge in [-0.3, -0.25) is 9.59 Å². The second-order valence-corrected chi connectivity index (χ2v) is 8.12. The van der Waals surface area contributed by atoms with E-state index >= 15 is 0 Å². The number of piperidine rings is 1. The predicted octanol–water partition coefficient (Wildman–Crippen LogP) is 2.25. The molecule has 1 aliphatic heterocycles. The summed E-state index contributed by atoms with van der Waals surface area (Å²) in [5, 5.41) is 8.78. The van der Waals surface area contributed by atoms with Crippen molar-refractivity contribution in [1.29, 1.82) is 0 Å². The quantitative estimate of drug-likeness (QED) is 0.700. The van der Waals surface area contributed by atoms with Crippen LogP contribution < -0.4 is 16.0 Å². The van der Waals surface area contributed by atoms with Crippen LogP contribution in [-0.4, -0.2) is 54.5 Å². The third-order valence-electron chi connectivity index (χ3n) is 5.81. The van der Waals surface area contributed by atoms with E-state index in [2.05, 4.69) is 16.0 Å². The van der Waals surface area contributed by atoms with Crippen LogP contribution in [0.3, 0.4) is 0 Å². The lowest BCUT2D eigenvalue weighted by molar-refractivity contribution is -0.131. The monoisotopic (exact) mass is 404 g/mol. The molecule has 3 rings (SSSR count). The van der Waals surface area contributed by atoms with Crippen LogP contribution in [0.5, 0.6) is 0 Å². The van der Waals surface area contributed by atoms with E-state index in [1.807, 2.05) is 0 Å². The molecule has 29 heavy (non-hydrogen) atoms. The fourth-order valence-corrected chi connectivity index (χ4v) is 4.15. The lowest BCUT2D eigenvalue weighted by atomic mass is 9.96. The lowest BCUT2D eigenvalue weighted by Gasteiger charge is -2.33. The van der Waals surface area contributed by atoms with E-state index in [0.717, 1.165) is 25.7 Å². The highest BCUT2D eigenvalue weighted by atomic mass is 16.3. The third-order valence-corrected chi connectivity index (χ3v) is 5.81. The van der Waals surface area contributed by atoms with Crippen LogP contribution in [0.2, 0.25) is 0 Å². The third kappa shape index (κ3) is 5.98. The molecule has 3 N–H and O–H groups in total. The molecule has 1 aliphatic carbocycles. The summed E-state index contributed by atoms with van der Waals surface area (Å²) in [6.07, 6.45) is 7.18. The average Bonchev–Trinajstić information content (AvgIpc) is 3.05. The SMILES string of the molecule is Cc1cc(C(=O)NCC(=O)N2CCC(NC(=O)NC3CCCCC3)CC2)c(C)o1. The minimum atomic E-state index is -0.302. The number of carbonyl (C=O) groups excluding carboxylic acids is 3. The van der Waals surface area contributed by atoms with Gasteiger partial charge in [0.2, 0.25) is 5.91 Å². The molecule has 1 saturated carbocycles. The van der Waals surface area contributed by atoms with Crippen LogP contribution in [0.25, 0.3) is 0 Å². The van der Waals surface area contributed by atoms with Crippen molar-refractivity contribution < 1.29 is 18.8 Å². The van der Waals surface area contributed by atoms with Crippen molar-refractivity contribution >= 4 is 17.8 Å². The summed E-state index contributed by atoms with van der Waals surface area (Å²) in [4.78, 5) is 38.5. The maximum absolute atomic E-state index is 12.4. The van der Waals surface area contributed by atoms with Crippen LogP contribution in [0.15, 0.2) is 10.5 Å². The highest BCUT2D eigenvalue weighted by molar-refractivity contribution is 5.97. The molecule has 0 radical (unpaired) electrons. The fraction of sp³-hybridized carbons (Fsp3) is 0.667.